The van der Waals surface area contributed by atoms with E-state index in [0.29, 0.717) is 18.8 Å². The molecule has 1 atom stereocenters. The summed E-state index contributed by atoms with van der Waals surface area (Å²) in [4.78, 5) is 25.3. The first-order chi connectivity index (χ1) is 11.6. The number of carboxylic acids is 1. The van der Waals surface area contributed by atoms with E-state index < -0.39 is 12.0 Å². The molecular formula is C16H19N5O3. The van der Waals surface area contributed by atoms with Gasteiger partial charge in [0.2, 0.25) is 5.91 Å². The molecule has 1 amide bonds. The average molecular weight is 329 g/mol. The van der Waals surface area contributed by atoms with Crippen LogP contribution < -0.4 is 0 Å². The number of amides is 1. The zero-order valence-electron chi connectivity index (χ0n) is 13.4. The second-order valence-corrected chi connectivity index (χ2v) is 5.92. The van der Waals surface area contributed by atoms with Crippen LogP contribution in [0.1, 0.15) is 30.7 Å². The monoisotopic (exact) mass is 329 g/mol. The summed E-state index contributed by atoms with van der Waals surface area (Å²) in [6, 6.07) is 6.67. The standard InChI is InChI=1S/C16H19N5O3/c1-11-17-18-19-21(11)13-7-5-12(6-8-13)10-15(22)20-9-3-2-4-14(20)16(23)24/h5-8,14H,2-4,9-10H2,1H3,(H,23,24). The number of nitrogens with zero attached hydrogens (tertiary/aromatic N) is 5. The summed E-state index contributed by atoms with van der Waals surface area (Å²) >= 11 is 0. The minimum atomic E-state index is -0.924. The maximum absolute atomic E-state index is 12.5. The summed E-state index contributed by atoms with van der Waals surface area (Å²) in [5.41, 5.74) is 1.65. The van der Waals surface area contributed by atoms with Crippen LogP contribution in [0, 0.1) is 6.92 Å². The van der Waals surface area contributed by atoms with Crippen molar-refractivity contribution < 1.29 is 14.7 Å². The van der Waals surface area contributed by atoms with Crippen LogP contribution in [0.15, 0.2) is 24.3 Å². The fourth-order valence-corrected chi connectivity index (χ4v) is 2.99. The third-order valence-corrected chi connectivity index (χ3v) is 4.27. The predicted molar refractivity (Wildman–Crippen MR) is 84.6 cm³/mol. The van der Waals surface area contributed by atoms with E-state index >= 15 is 0 Å². The summed E-state index contributed by atoms with van der Waals surface area (Å²) in [5, 5.41) is 20.6. The van der Waals surface area contributed by atoms with E-state index in [1.165, 1.54) is 4.90 Å². The Balaban J connectivity index is 1.70. The fourth-order valence-electron chi connectivity index (χ4n) is 2.99. The molecule has 2 heterocycles. The van der Waals surface area contributed by atoms with E-state index in [1.807, 2.05) is 24.3 Å². The molecule has 1 unspecified atom stereocenters. The topological polar surface area (TPSA) is 101 Å². The molecule has 1 aliphatic heterocycles. The van der Waals surface area contributed by atoms with Crippen LogP contribution in [0.2, 0.25) is 0 Å². The van der Waals surface area contributed by atoms with E-state index in [1.54, 1.807) is 11.6 Å². The van der Waals surface area contributed by atoms with Gasteiger partial charge in [-0.15, -0.1) is 5.10 Å². The highest BCUT2D eigenvalue weighted by atomic mass is 16.4. The van der Waals surface area contributed by atoms with Crippen molar-refractivity contribution in [3.63, 3.8) is 0 Å². The molecule has 0 saturated carbocycles. The highest BCUT2D eigenvalue weighted by Gasteiger charge is 2.31. The predicted octanol–water partition coefficient (Wildman–Crippen LogP) is 0.979. The molecule has 0 aliphatic carbocycles. The molecule has 1 N–H and O–H groups in total. The van der Waals surface area contributed by atoms with Crippen LogP contribution in [0.4, 0.5) is 0 Å². The Morgan fingerprint density at radius 2 is 2.00 bits per heavy atom. The molecule has 1 fully saturated rings. The summed E-state index contributed by atoms with van der Waals surface area (Å²) in [7, 11) is 0. The molecule has 8 nitrogen and oxygen atoms in total. The number of piperidine rings is 1. The van der Waals surface area contributed by atoms with Crippen molar-refractivity contribution in [3.05, 3.63) is 35.7 Å². The van der Waals surface area contributed by atoms with Crippen molar-refractivity contribution >= 4 is 11.9 Å². The molecule has 1 aromatic carbocycles. The van der Waals surface area contributed by atoms with Crippen molar-refractivity contribution in [1.29, 1.82) is 0 Å². The third kappa shape index (κ3) is 3.27. The van der Waals surface area contributed by atoms with E-state index in [9.17, 15) is 14.7 Å². The van der Waals surface area contributed by atoms with Gasteiger partial charge in [0.25, 0.3) is 0 Å². The van der Waals surface area contributed by atoms with Gasteiger partial charge >= 0.3 is 5.97 Å². The van der Waals surface area contributed by atoms with Gasteiger partial charge in [-0.3, -0.25) is 4.79 Å². The number of carbonyl (C=O) groups excluding carboxylic acids is 1. The highest BCUT2D eigenvalue weighted by molar-refractivity contribution is 5.85. The third-order valence-electron chi connectivity index (χ3n) is 4.27. The maximum atomic E-state index is 12.5. The SMILES string of the molecule is Cc1nnnn1-c1ccc(CC(=O)N2CCCCC2C(=O)O)cc1. The number of rotatable bonds is 4. The number of hydrogen-bond donors (Lipinski definition) is 1. The number of likely N-dealkylation sites (tertiary alicyclic amines) is 1. The van der Waals surface area contributed by atoms with Crippen LogP contribution in [-0.4, -0.2) is 54.7 Å². The number of carbonyl (C=O) groups is 2. The molecule has 1 aliphatic rings. The van der Waals surface area contributed by atoms with Gasteiger partial charge in [-0.1, -0.05) is 12.1 Å². The van der Waals surface area contributed by atoms with E-state index in [-0.39, 0.29) is 12.3 Å². The lowest BCUT2D eigenvalue weighted by Gasteiger charge is -2.33. The van der Waals surface area contributed by atoms with Gasteiger partial charge in [0, 0.05) is 6.54 Å². The van der Waals surface area contributed by atoms with Gasteiger partial charge < -0.3 is 10.0 Å². The second kappa shape index (κ2) is 6.77. The first-order valence-electron chi connectivity index (χ1n) is 7.93. The lowest BCUT2D eigenvalue weighted by atomic mass is 10.0. The Morgan fingerprint density at radius 1 is 1.25 bits per heavy atom. The normalized spacial score (nSPS) is 17.7. The van der Waals surface area contributed by atoms with Crippen LogP contribution >= 0.6 is 0 Å². The van der Waals surface area contributed by atoms with Gasteiger partial charge in [-0.25, -0.2) is 4.79 Å². The van der Waals surface area contributed by atoms with Gasteiger partial charge in [0.1, 0.15) is 6.04 Å². The summed E-state index contributed by atoms with van der Waals surface area (Å²) in [6.07, 6.45) is 2.42. The van der Waals surface area contributed by atoms with Crippen molar-refractivity contribution in [2.24, 2.45) is 0 Å². The van der Waals surface area contributed by atoms with Crippen LogP contribution in [0.25, 0.3) is 5.69 Å². The summed E-state index contributed by atoms with van der Waals surface area (Å²) in [5.74, 6) is -0.391. The Morgan fingerprint density at radius 3 is 2.62 bits per heavy atom. The molecule has 0 bridgehead atoms. The Hall–Kier alpha value is -2.77. The molecule has 0 radical (unpaired) electrons. The van der Waals surface area contributed by atoms with E-state index in [2.05, 4.69) is 15.5 Å². The first-order valence-corrected chi connectivity index (χ1v) is 7.93. The first kappa shape index (κ1) is 16.1. The van der Waals surface area contributed by atoms with Gasteiger partial charge in [0.15, 0.2) is 5.82 Å². The smallest absolute Gasteiger partial charge is 0.326 e. The summed E-state index contributed by atoms with van der Waals surface area (Å²) < 4.78 is 1.61. The molecule has 1 saturated heterocycles. The van der Waals surface area contributed by atoms with Crippen molar-refractivity contribution in [2.45, 2.75) is 38.6 Å². The molecule has 126 valence electrons. The maximum Gasteiger partial charge on any atom is 0.326 e. The Labute approximate surface area is 139 Å². The zero-order chi connectivity index (χ0) is 17.1. The van der Waals surface area contributed by atoms with Crippen LogP contribution in [0.5, 0.6) is 0 Å². The fraction of sp³-hybridized carbons (Fsp3) is 0.438. The number of aliphatic carboxylic acids is 1. The number of tetrazole rings is 1. The second-order valence-electron chi connectivity index (χ2n) is 5.92. The average Bonchev–Trinajstić information content (AvgIpc) is 3.01. The van der Waals surface area contributed by atoms with Crippen LogP contribution in [-0.2, 0) is 16.0 Å². The molecule has 2 aromatic rings. The van der Waals surface area contributed by atoms with Gasteiger partial charge in [-0.2, -0.15) is 4.68 Å². The highest BCUT2D eigenvalue weighted by Crippen LogP contribution is 2.19. The minimum absolute atomic E-state index is 0.145. The quantitative estimate of drug-likeness (QED) is 0.897. The van der Waals surface area contributed by atoms with Crippen LogP contribution in [0.3, 0.4) is 0 Å². The lowest BCUT2D eigenvalue weighted by molar-refractivity contribution is -0.151. The van der Waals surface area contributed by atoms with E-state index in [4.69, 9.17) is 0 Å². The number of carboxylic acid groups (broad SMARTS) is 1. The number of aryl methyl sites for hydroxylation is 1. The van der Waals surface area contributed by atoms with Crippen molar-refractivity contribution in [3.8, 4) is 5.69 Å². The number of aromatic nitrogens is 4. The molecular weight excluding hydrogens is 310 g/mol. The number of hydrogen-bond acceptors (Lipinski definition) is 5. The largest absolute Gasteiger partial charge is 0.480 e. The molecule has 8 heteroatoms. The summed E-state index contributed by atoms with van der Waals surface area (Å²) in [6.45, 7) is 2.32. The Bertz CT molecular complexity index is 740. The molecule has 0 spiro atoms. The number of benzene rings is 1. The minimum Gasteiger partial charge on any atom is -0.480 e. The zero-order valence-corrected chi connectivity index (χ0v) is 13.4. The van der Waals surface area contributed by atoms with E-state index in [0.717, 1.165) is 24.1 Å². The molecule has 24 heavy (non-hydrogen) atoms. The van der Waals surface area contributed by atoms with Crippen molar-refractivity contribution in [2.75, 3.05) is 6.54 Å². The van der Waals surface area contributed by atoms with Crippen molar-refractivity contribution in [1.82, 2.24) is 25.1 Å². The Kier molecular flexibility index (Phi) is 4.54. The lowest BCUT2D eigenvalue weighted by Crippen LogP contribution is -2.48. The molecule has 1 aromatic heterocycles. The van der Waals surface area contributed by atoms with Gasteiger partial charge in [0.05, 0.1) is 12.1 Å². The van der Waals surface area contributed by atoms with Gasteiger partial charge in [-0.05, 0) is 54.3 Å². The molecule has 3 rings (SSSR count).